The third-order valence-electron chi connectivity index (χ3n) is 2.85. The summed E-state index contributed by atoms with van der Waals surface area (Å²) in [5.74, 6) is 0.765. The molecule has 0 amide bonds. The summed E-state index contributed by atoms with van der Waals surface area (Å²) in [6.07, 6.45) is 4.82. The highest BCUT2D eigenvalue weighted by Crippen LogP contribution is 2.11. The van der Waals surface area contributed by atoms with Crippen LogP contribution >= 0.6 is 11.3 Å². The average molecular weight is 298 g/mol. The first kappa shape index (κ1) is 14.8. The lowest BCUT2D eigenvalue weighted by Crippen LogP contribution is -2.30. The van der Waals surface area contributed by atoms with Crippen LogP contribution in [0.1, 0.15) is 5.56 Å². The maximum absolute atomic E-state index is 12.3. The molecule has 0 aliphatic carbocycles. The van der Waals surface area contributed by atoms with Crippen molar-refractivity contribution in [3.8, 4) is 11.8 Å². The van der Waals surface area contributed by atoms with Gasteiger partial charge in [0.15, 0.2) is 0 Å². The molecule has 21 heavy (non-hydrogen) atoms. The van der Waals surface area contributed by atoms with Gasteiger partial charge in [-0.15, -0.1) is 17.9 Å². The van der Waals surface area contributed by atoms with Gasteiger partial charge in [0, 0.05) is 12.6 Å². The van der Waals surface area contributed by atoms with E-state index in [1.54, 1.807) is 19.3 Å². The third-order valence-corrected chi connectivity index (χ3v) is 3.91. The lowest BCUT2D eigenvalue weighted by Gasteiger charge is -1.98. The Bertz CT molecular complexity index is 852. The molecule has 1 aromatic heterocycles. The molecule has 0 spiro atoms. The monoisotopic (exact) mass is 298 g/mol. The Morgan fingerprint density at radius 2 is 2.14 bits per heavy atom. The van der Waals surface area contributed by atoms with Crippen LogP contribution < -0.4 is 19.5 Å². The third kappa shape index (κ3) is 3.30. The summed E-state index contributed by atoms with van der Waals surface area (Å²) in [5.41, 5.74) is 0.792. The van der Waals surface area contributed by atoms with Crippen LogP contribution in [-0.2, 0) is 6.54 Å². The minimum Gasteiger partial charge on any atom is -0.497 e. The van der Waals surface area contributed by atoms with E-state index >= 15 is 0 Å². The van der Waals surface area contributed by atoms with Crippen LogP contribution in [0.4, 0.5) is 0 Å². The molecule has 1 aromatic carbocycles. The highest BCUT2D eigenvalue weighted by atomic mass is 32.1. The van der Waals surface area contributed by atoms with Gasteiger partial charge in [0.2, 0.25) is 0 Å². The van der Waals surface area contributed by atoms with Gasteiger partial charge in [0.1, 0.15) is 10.4 Å². The highest BCUT2D eigenvalue weighted by Gasteiger charge is 2.03. The quantitative estimate of drug-likeness (QED) is 0.798. The van der Waals surface area contributed by atoms with Gasteiger partial charge in [-0.1, -0.05) is 18.2 Å². The van der Waals surface area contributed by atoms with E-state index in [-0.39, 0.29) is 5.56 Å². The van der Waals surface area contributed by atoms with Crippen molar-refractivity contribution < 1.29 is 4.74 Å². The zero-order valence-corrected chi connectivity index (χ0v) is 12.4. The molecule has 0 radical (unpaired) electrons. The molecule has 0 atom stereocenters. The highest BCUT2D eigenvalue weighted by molar-refractivity contribution is 7.07. The molecule has 4 nitrogen and oxygen atoms in total. The maximum Gasteiger partial charge on any atom is 0.269 e. The summed E-state index contributed by atoms with van der Waals surface area (Å²) in [6, 6.07) is 9.39. The summed E-state index contributed by atoms with van der Waals surface area (Å²) in [7, 11) is 1.61. The number of hydrogen-bond acceptors (Lipinski definition) is 4. The van der Waals surface area contributed by atoms with Crippen molar-refractivity contribution in [3.63, 3.8) is 0 Å². The first-order valence-electron chi connectivity index (χ1n) is 6.25. The summed E-state index contributed by atoms with van der Waals surface area (Å²) >= 11 is 1.29. The van der Waals surface area contributed by atoms with Crippen LogP contribution in [0.25, 0.3) is 12.2 Å². The van der Waals surface area contributed by atoms with E-state index in [2.05, 4.69) is 6.58 Å². The second-order valence-corrected chi connectivity index (χ2v) is 5.26. The number of hydrogen-bond donors (Lipinski definition) is 0. The van der Waals surface area contributed by atoms with Crippen LogP contribution in [0.5, 0.6) is 5.75 Å². The Morgan fingerprint density at radius 3 is 2.71 bits per heavy atom. The molecular formula is C16H14N2O2S. The molecule has 5 heteroatoms. The minimum atomic E-state index is -0.114. The number of ether oxygens (including phenoxy) is 1. The average Bonchev–Trinajstić information content (AvgIpc) is 2.78. The van der Waals surface area contributed by atoms with Gasteiger partial charge in [-0.05, 0) is 23.8 Å². The predicted octanol–water partition coefficient (Wildman–Crippen LogP) is 1.24. The maximum atomic E-state index is 12.3. The molecule has 0 aliphatic heterocycles. The van der Waals surface area contributed by atoms with E-state index in [0.717, 1.165) is 11.3 Å². The van der Waals surface area contributed by atoms with Crippen LogP contribution in [-0.4, -0.2) is 11.7 Å². The molecule has 0 aliphatic rings. The van der Waals surface area contributed by atoms with Crippen LogP contribution in [0.3, 0.4) is 0 Å². The standard InChI is InChI=1S/C16H14N2O2S/c1-3-10-18-15(8-9-17)21-14(16(18)19)11-12-4-6-13(20-2)7-5-12/h3-8,11H,1,10H2,2H3. The molecule has 0 fully saturated rings. The number of thiazole rings is 1. The largest absolute Gasteiger partial charge is 0.497 e. The Kier molecular flexibility index (Phi) is 4.75. The smallest absolute Gasteiger partial charge is 0.269 e. The van der Waals surface area contributed by atoms with Gasteiger partial charge in [-0.25, -0.2) is 0 Å². The van der Waals surface area contributed by atoms with Crippen molar-refractivity contribution >= 4 is 23.5 Å². The zero-order chi connectivity index (χ0) is 15.2. The molecule has 106 valence electrons. The first-order chi connectivity index (χ1) is 10.2. The molecule has 0 N–H and O–H groups in total. The Hall–Kier alpha value is -2.58. The SMILES string of the molecule is C=CCn1c(=CC#N)sc(=Cc2ccc(OC)cc2)c1=O. The number of aromatic nitrogens is 1. The molecular weight excluding hydrogens is 284 g/mol. The number of nitrogens with zero attached hydrogens (tertiary/aromatic N) is 2. The number of rotatable bonds is 4. The number of benzene rings is 1. The second kappa shape index (κ2) is 6.73. The summed E-state index contributed by atoms with van der Waals surface area (Å²) in [5, 5.41) is 8.80. The fraction of sp³-hybridized carbons (Fsp3) is 0.125. The van der Waals surface area contributed by atoms with Crippen molar-refractivity contribution in [1.82, 2.24) is 4.57 Å². The van der Waals surface area contributed by atoms with Crippen molar-refractivity contribution in [2.24, 2.45) is 0 Å². The van der Waals surface area contributed by atoms with Crippen LogP contribution in [0, 0.1) is 11.3 Å². The number of methoxy groups -OCH3 is 1. The van der Waals surface area contributed by atoms with E-state index in [0.29, 0.717) is 15.7 Å². The van der Waals surface area contributed by atoms with Gasteiger partial charge in [-0.2, -0.15) is 5.26 Å². The van der Waals surface area contributed by atoms with Crippen molar-refractivity contribution in [2.45, 2.75) is 6.54 Å². The van der Waals surface area contributed by atoms with Gasteiger partial charge >= 0.3 is 0 Å². The number of allylic oxidation sites excluding steroid dienone is 1. The topological polar surface area (TPSA) is 55.0 Å². The molecule has 2 rings (SSSR count). The molecule has 0 unspecified atom stereocenters. The first-order valence-corrected chi connectivity index (χ1v) is 7.07. The summed E-state index contributed by atoms with van der Waals surface area (Å²) in [6.45, 7) is 4.02. The van der Waals surface area contributed by atoms with Crippen LogP contribution in [0.15, 0.2) is 41.7 Å². The molecule has 1 heterocycles. The fourth-order valence-electron chi connectivity index (χ4n) is 1.85. The fourth-order valence-corrected chi connectivity index (χ4v) is 2.85. The predicted molar refractivity (Wildman–Crippen MR) is 84.7 cm³/mol. The van der Waals surface area contributed by atoms with E-state index < -0.39 is 0 Å². The normalized spacial score (nSPS) is 12.2. The summed E-state index contributed by atoms with van der Waals surface area (Å²) in [4.78, 5) is 12.3. The van der Waals surface area contributed by atoms with E-state index in [1.165, 1.54) is 22.0 Å². The van der Waals surface area contributed by atoms with Gasteiger partial charge in [0.05, 0.1) is 17.7 Å². The van der Waals surface area contributed by atoms with Gasteiger partial charge < -0.3 is 4.74 Å². The Labute approximate surface area is 126 Å². The second-order valence-electron chi connectivity index (χ2n) is 4.20. The number of nitriles is 1. The lowest BCUT2D eigenvalue weighted by molar-refractivity contribution is 0.415. The zero-order valence-electron chi connectivity index (χ0n) is 11.6. The van der Waals surface area contributed by atoms with Gasteiger partial charge in [0.25, 0.3) is 5.56 Å². The summed E-state index contributed by atoms with van der Waals surface area (Å²) < 4.78 is 7.85. The van der Waals surface area contributed by atoms with Crippen LogP contribution in [0.2, 0.25) is 0 Å². The molecule has 0 saturated carbocycles. The van der Waals surface area contributed by atoms with E-state index in [4.69, 9.17) is 10.00 Å². The van der Waals surface area contributed by atoms with Gasteiger partial charge in [-0.3, -0.25) is 9.36 Å². The Balaban J connectivity index is 2.58. The van der Waals surface area contributed by atoms with Crippen molar-refractivity contribution in [3.05, 3.63) is 62.0 Å². The van der Waals surface area contributed by atoms with Crippen molar-refractivity contribution in [2.75, 3.05) is 7.11 Å². The molecule has 0 saturated heterocycles. The lowest BCUT2D eigenvalue weighted by atomic mass is 10.2. The minimum absolute atomic E-state index is 0.114. The molecule has 0 bridgehead atoms. The van der Waals surface area contributed by atoms with E-state index in [1.807, 2.05) is 30.3 Å². The van der Waals surface area contributed by atoms with E-state index in [9.17, 15) is 4.79 Å². The molecule has 2 aromatic rings. The van der Waals surface area contributed by atoms with Crippen molar-refractivity contribution in [1.29, 1.82) is 5.26 Å². The Morgan fingerprint density at radius 1 is 1.43 bits per heavy atom.